The number of hydrogen-bond acceptors (Lipinski definition) is 4. The van der Waals surface area contributed by atoms with Crippen LogP contribution in [0.15, 0.2) is 48.7 Å². The van der Waals surface area contributed by atoms with Crippen LogP contribution < -0.4 is 10.2 Å². The average Bonchev–Trinajstić information content (AvgIpc) is 3.15. The van der Waals surface area contributed by atoms with Crippen molar-refractivity contribution in [2.75, 3.05) is 23.4 Å². The summed E-state index contributed by atoms with van der Waals surface area (Å²) in [4.78, 5) is 10.4. The molecule has 0 bridgehead atoms. The molecule has 5 heteroatoms. The van der Waals surface area contributed by atoms with Gasteiger partial charge in [-0.15, -0.1) is 0 Å². The number of rotatable bonds is 5. The first-order valence-corrected chi connectivity index (χ1v) is 8.98. The van der Waals surface area contributed by atoms with E-state index in [0.29, 0.717) is 0 Å². The van der Waals surface area contributed by atoms with E-state index in [1.807, 2.05) is 24.4 Å². The number of nitrogens with one attached hydrogen (secondary N) is 2. The predicted octanol–water partition coefficient (Wildman–Crippen LogP) is 3.53. The molecule has 2 aromatic heterocycles. The minimum Gasteiger partial charge on any atom is -0.394 e. The van der Waals surface area contributed by atoms with Gasteiger partial charge in [0.1, 0.15) is 5.82 Å². The Balaban J connectivity index is 1.65. The zero-order valence-corrected chi connectivity index (χ0v) is 14.3. The number of aliphatic hydroxyl groups is 1. The fraction of sp³-hybridized carbons (Fsp3) is 0.350. The summed E-state index contributed by atoms with van der Waals surface area (Å²) in [6, 6.07) is 14.7. The van der Waals surface area contributed by atoms with Crippen molar-refractivity contribution >= 4 is 22.5 Å². The number of aromatic amines is 1. The molecule has 0 radical (unpaired) electrons. The number of aromatic nitrogens is 2. The molecule has 0 saturated carbocycles. The third-order valence-electron chi connectivity index (χ3n) is 4.96. The van der Waals surface area contributed by atoms with Gasteiger partial charge in [-0.3, -0.25) is 0 Å². The molecule has 3 heterocycles. The molecule has 25 heavy (non-hydrogen) atoms. The number of benzene rings is 1. The molecule has 0 spiro atoms. The molecule has 1 atom stereocenters. The molecule has 0 amide bonds. The van der Waals surface area contributed by atoms with Crippen LogP contribution in [0, 0.1) is 0 Å². The summed E-state index contributed by atoms with van der Waals surface area (Å²) in [5.41, 5.74) is 2.25. The number of anilines is 2. The highest BCUT2D eigenvalue weighted by molar-refractivity contribution is 5.91. The second kappa shape index (κ2) is 7.15. The van der Waals surface area contributed by atoms with E-state index in [9.17, 15) is 5.11 Å². The van der Waals surface area contributed by atoms with Crippen LogP contribution >= 0.6 is 0 Å². The number of pyridine rings is 1. The zero-order chi connectivity index (χ0) is 17.1. The summed E-state index contributed by atoms with van der Waals surface area (Å²) < 4.78 is 0. The summed E-state index contributed by atoms with van der Waals surface area (Å²) >= 11 is 0. The summed E-state index contributed by atoms with van der Waals surface area (Å²) in [7, 11) is 0. The van der Waals surface area contributed by atoms with Crippen LogP contribution in [0.5, 0.6) is 0 Å². The number of aliphatic hydroxyl groups excluding tert-OH is 1. The van der Waals surface area contributed by atoms with E-state index in [1.165, 1.54) is 12.0 Å². The van der Waals surface area contributed by atoms with Crippen molar-refractivity contribution in [2.24, 2.45) is 0 Å². The summed E-state index contributed by atoms with van der Waals surface area (Å²) in [6.45, 7) is 1.86. The van der Waals surface area contributed by atoms with Crippen LogP contribution in [0.4, 0.5) is 11.6 Å². The first-order chi connectivity index (χ1) is 12.3. The molecule has 1 aromatic carbocycles. The molecule has 1 fully saturated rings. The quantitative estimate of drug-likeness (QED) is 0.667. The van der Waals surface area contributed by atoms with Gasteiger partial charge in [0.2, 0.25) is 0 Å². The molecule has 1 saturated heterocycles. The fourth-order valence-corrected chi connectivity index (χ4v) is 3.60. The average molecular weight is 336 g/mol. The van der Waals surface area contributed by atoms with Gasteiger partial charge in [-0.25, -0.2) is 4.98 Å². The molecule has 1 unspecified atom stereocenters. The molecule has 3 N–H and O–H groups in total. The smallest absolute Gasteiger partial charge is 0.153 e. The van der Waals surface area contributed by atoms with Crippen molar-refractivity contribution in [3.05, 3.63) is 54.2 Å². The van der Waals surface area contributed by atoms with Gasteiger partial charge in [0.05, 0.1) is 18.2 Å². The first-order valence-electron chi connectivity index (χ1n) is 8.98. The largest absolute Gasteiger partial charge is 0.394 e. The van der Waals surface area contributed by atoms with Crippen molar-refractivity contribution in [1.82, 2.24) is 9.97 Å². The van der Waals surface area contributed by atoms with E-state index in [-0.39, 0.29) is 12.6 Å². The van der Waals surface area contributed by atoms with Crippen molar-refractivity contribution in [3.63, 3.8) is 0 Å². The number of piperidine rings is 1. The second-order valence-corrected chi connectivity index (χ2v) is 6.64. The molecule has 130 valence electrons. The van der Waals surface area contributed by atoms with Gasteiger partial charge in [-0.1, -0.05) is 30.3 Å². The van der Waals surface area contributed by atoms with E-state index in [2.05, 4.69) is 39.5 Å². The maximum Gasteiger partial charge on any atom is 0.153 e. The lowest BCUT2D eigenvalue weighted by molar-refractivity contribution is 0.239. The van der Waals surface area contributed by atoms with E-state index in [1.54, 1.807) is 0 Å². The van der Waals surface area contributed by atoms with Gasteiger partial charge in [0.25, 0.3) is 0 Å². The fourth-order valence-electron chi connectivity index (χ4n) is 3.60. The third-order valence-corrected chi connectivity index (χ3v) is 4.96. The highest BCUT2D eigenvalue weighted by Gasteiger charge is 2.24. The summed E-state index contributed by atoms with van der Waals surface area (Å²) in [5, 5.41) is 14.3. The highest BCUT2D eigenvalue weighted by Crippen LogP contribution is 2.29. The van der Waals surface area contributed by atoms with Crippen LogP contribution in [0.25, 0.3) is 10.9 Å². The summed E-state index contributed by atoms with van der Waals surface area (Å²) in [6.07, 6.45) is 5.29. The Morgan fingerprint density at radius 3 is 2.92 bits per heavy atom. The Morgan fingerprint density at radius 2 is 2.08 bits per heavy atom. The monoisotopic (exact) mass is 336 g/mol. The topological polar surface area (TPSA) is 64.2 Å². The first kappa shape index (κ1) is 16.0. The number of H-pyrrole nitrogens is 1. The maximum atomic E-state index is 9.73. The zero-order valence-electron chi connectivity index (χ0n) is 14.3. The van der Waals surface area contributed by atoms with Gasteiger partial charge >= 0.3 is 0 Å². The van der Waals surface area contributed by atoms with Crippen LogP contribution in [0.2, 0.25) is 0 Å². The standard InChI is InChI=1S/C20H24N4O/c25-14-17-8-4-5-11-24(17)18-12-16-9-10-21-19(16)20(23-18)22-13-15-6-2-1-3-7-15/h1-3,6-7,9-10,12,17,21,25H,4-5,8,11,13-14H2,(H,22,23). The minimum atomic E-state index is 0.166. The van der Waals surface area contributed by atoms with Gasteiger partial charge in [-0.05, 0) is 37.0 Å². The Labute approximate surface area is 147 Å². The molecule has 0 aliphatic carbocycles. The van der Waals surface area contributed by atoms with Gasteiger partial charge in [-0.2, -0.15) is 0 Å². The number of nitrogens with zero attached hydrogens (tertiary/aromatic N) is 2. The lowest BCUT2D eigenvalue weighted by Gasteiger charge is -2.35. The Hall–Kier alpha value is -2.53. The Morgan fingerprint density at radius 1 is 1.20 bits per heavy atom. The van der Waals surface area contributed by atoms with E-state index < -0.39 is 0 Å². The van der Waals surface area contributed by atoms with Crippen LogP contribution in [0.1, 0.15) is 24.8 Å². The van der Waals surface area contributed by atoms with Crippen molar-refractivity contribution in [3.8, 4) is 0 Å². The van der Waals surface area contributed by atoms with Crippen molar-refractivity contribution in [1.29, 1.82) is 0 Å². The lowest BCUT2D eigenvalue weighted by Crippen LogP contribution is -2.42. The van der Waals surface area contributed by atoms with Crippen LogP contribution in [0.3, 0.4) is 0 Å². The minimum absolute atomic E-state index is 0.166. The lowest BCUT2D eigenvalue weighted by atomic mass is 10.0. The van der Waals surface area contributed by atoms with E-state index in [4.69, 9.17) is 4.98 Å². The molecular formula is C20H24N4O. The Bertz CT molecular complexity index is 830. The second-order valence-electron chi connectivity index (χ2n) is 6.64. The predicted molar refractivity (Wildman–Crippen MR) is 102 cm³/mol. The van der Waals surface area contributed by atoms with Crippen LogP contribution in [-0.4, -0.2) is 34.3 Å². The van der Waals surface area contributed by atoms with Crippen LogP contribution in [-0.2, 0) is 6.54 Å². The SMILES string of the molecule is OCC1CCCCN1c1cc2cc[nH]c2c(NCc2ccccc2)n1. The van der Waals surface area contributed by atoms with Crippen molar-refractivity contribution < 1.29 is 5.11 Å². The maximum absolute atomic E-state index is 9.73. The van der Waals surface area contributed by atoms with Gasteiger partial charge in [0, 0.05) is 24.7 Å². The molecular weight excluding hydrogens is 312 g/mol. The normalized spacial score (nSPS) is 17.8. The van der Waals surface area contributed by atoms with Crippen molar-refractivity contribution in [2.45, 2.75) is 31.8 Å². The van der Waals surface area contributed by atoms with Gasteiger partial charge in [0.15, 0.2) is 5.82 Å². The molecule has 3 aromatic rings. The number of hydrogen-bond donors (Lipinski definition) is 3. The third kappa shape index (κ3) is 3.33. The van der Waals surface area contributed by atoms with Gasteiger partial charge < -0.3 is 20.3 Å². The molecule has 5 nitrogen and oxygen atoms in total. The highest BCUT2D eigenvalue weighted by atomic mass is 16.3. The Kier molecular flexibility index (Phi) is 4.57. The summed E-state index contributed by atoms with van der Waals surface area (Å²) in [5.74, 6) is 1.81. The molecule has 1 aliphatic rings. The number of fused-ring (bicyclic) bond motifs is 1. The molecule has 4 rings (SSSR count). The van der Waals surface area contributed by atoms with E-state index >= 15 is 0 Å². The molecule has 1 aliphatic heterocycles. The van der Waals surface area contributed by atoms with E-state index in [0.717, 1.165) is 48.5 Å².